The number of ether oxygens (including phenoxy) is 1. The van der Waals surface area contributed by atoms with Crippen LogP contribution in [0.1, 0.15) is 43.1 Å². The molecule has 2 N–H and O–H groups in total. The Hall–Kier alpha value is -3.42. The number of primary amides is 1. The lowest BCUT2D eigenvalue weighted by Gasteiger charge is -2.37. The summed E-state index contributed by atoms with van der Waals surface area (Å²) < 4.78 is 6.14. The van der Waals surface area contributed by atoms with E-state index >= 15 is 0 Å². The van der Waals surface area contributed by atoms with Crippen molar-refractivity contribution in [3.8, 4) is 5.75 Å². The van der Waals surface area contributed by atoms with Gasteiger partial charge in [0.05, 0.1) is 11.0 Å². The van der Waals surface area contributed by atoms with Crippen LogP contribution in [-0.2, 0) is 0 Å². The summed E-state index contributed by atoms with van der Waals surface area (Å²) in [5.74, 6) is 2.81. The van der Waals surface area contributed by atoms with Crippen molar-refractivity contribution < 1.29 is 9.53 Å². The molecule has 2 fully saturated rings. The Bertz CT molecular complexity index is 1140. The fourth-order valence-corrected chi connectivity index (χ4v) is 4.62. The summed E-state index contributed by atoms with van der Waals surface area (Å²) >= 11 is 0. The molecule has 0 bridgehead atoms. The van der Waals surface area contributed by atoms with Crippen LogP contribution in [0.25, 0.3) is 11.0 Å². The van der Waals surface area contributed by atoms with E-state index in [0.29, 0.717) is 5.75 Å². The topological polar surface area (TPSA) is 97.5 Å². The second-order valence-corrected chi connectivity index (χ2v) is 9.07. The number of carbonyl (C=O) groups excluding carboxylic acids is 1. The summed E-state index contributed by atoms with van der Waals surface area (Å²) in [5.41, 5.74) is 7.43. The van der Waals surface area contributed by atoms with Gasteiger partial charge in [0, 0.05) is 51.3 Å². The molecule has 8 nitrogen and oxygen atoms in total. The highest BCUT2D eigenvalue weighted by molar-refractivity contribution is 5.91. The molecule has 0 aliphatic carbocycles. The average Bonchev–Trinajstić information content (AvgIpc) is 2.84. The van der Waals surface area contributed by atoms with Crippen molar-refractivity contribution in [1.82, 2.24) is 15.0 Å². The number of aromatic nitrogens is 3. The highest BCUT2D eigenvalue weighted by atomic mass is 16.5. The number of piperidine rings is 2. The Balaban J connectivity index is 1.34. The summed E-state index contributed by atoms with van der Waals surface area (Å²) in [4.78, 5) is 30.2. The number of carbonyl (C=O) groups is 1. The van der Waals surface area contributed by atoms with Crippen LogP contribution in [0.3, 0.4) is 0 Å². The van der Waals surface area contributed by atoms with Gasteiger partial charge in [-0.2, -0.15) is 0 Å². The summed E-state index contributed by atoms with van der Waals surface area (Å²) in [6.45, 7) is 6.03. The van der Waals surface area contributed by atoms with Gasteiger partial charge in [-0.05, 0) is 37.0 Å². The summed E-state index contributed by atoms with van der Waals surface area (Å²) in [6.07, 6.45) is 5.71. The molecule has 33 heavy (non-hydrogen) atoms. The van der Waals surface area contributed by atoms with E-state index in [2.05, 4.69) is 21.7 Å². The molecule has 0 saturated carbocycles. The van der Waals surface area contributed by atoms with Crippen molar-refractivity contribution in [2.24, 2.45) is 11.7 Å². The van der Waals surface area contributed by atoms with E-state index in [0.717, 1.165) is 67.6 Å². The first-order valence-electron chi connectivity index (χ1n) is 11.8. The van der Waals surface area contributed by atoms with Gasteiger partial charge in [-0.25, -0.2) is 9.97 Å². The zero-order valence-corrected chi connectivity index (χ0v) is 19.0. The highest BCUT2D eigenvalue weighted by Crippen LogP contribution is 2.33. The summed E-state index contributed by atoms with van der Waals surface area (Å²) in [5, 5.41) is 0. The highest BCUT2D eigenvalue weighted by Gasteiger charge is 2.28. The number of hydrogen-bond donors (Lipinski definition) is 1. The lowest BCUT2D eigenvalue weighted by Crippen LogP contribution is -2.41. The van der Waals surface area contributed by atoms with E-state index in [9.17, 15) is 4.79 Å². The number of nitrogens with zero attached hydrogens (tertiary/aromatic N) is 5. The van der Waals surface area contributed by atoms with E-state index in [4.69, 9.17) is 20.4 Å². The third kappa shape index (κ3) is 4.69. The standard InChI is InChI=1S/C25H30N6O2/c1-17-7-12-30(13-8-17)24-25(29-21-5-3-2-4-20(21)28-24)31-14-9-18(10-15-31)33-19-6-11-27-22(16-19)23(26)32/h2-6,11,16-18H,7-10,12-15H2,1H3,(H2,26,32). The Morgan fingerprint density at radius 1 is 0.939 bits per heavy atom. The van der Waals surface area contributed by atoms with Gasteiger partial charge in [0.1, 0.15) is 17.5 Å². The monoisotopic (exact) mass is 446 g/mol. The van der Waals surface area contributed by atoms with Crippen LogP contribution in [0.5, 0.6) is 5.75 Å². The van der Waals surface area contributed by atoms with E-state index in [1.165, 1.54) is 12.8 Å². The second-order valence-electron chi connectivity index (χ2n) is 9.07. The lowest BCUT2D eigenvalue weighted by molar-refractivity contribution is 0.0994. The number of rotatable bonds is 5. The van der Waals surface area contributed by atoms with Gasteiger partial charge in [0.25, 0.3) is 5.91 Å². The SMILES string of the molecule is CC1CCN(c2nc3ccccc3nc2N2CCC(Oc3ccnc(C(N)=O)c3)CC2)CC1. The van der Waals surface area contributed by atoms with Gasteiger partial charge in [0.2, 0.25) is 0 Å². The van der Waals surface area contributed by atoms with Crippen LogP contribution in [0.2, 0.25) is 0 Å². The van der Waals surface area contributed by atoms with E-state index in [-0.39, 0.29) is 11.8 Å². The molecule has 2 aromatic heterocycles. The van der Waals surface area contributed by atoms with Crippen LogP contribution in [0.15, 0.2) is 42.6 Å². The van der Waals surface area contributed by atoms with Crippen molar-refractivity contribution in [3.63, 3.8) is 0 Å². The van der Waals surface area contributed by atoms with Gasteiger partial charge in [-0.15, -0.1) is 0 Å². The van der Waals surface area contributed by atoms with Gasteiger partial charge < -0.3 is 20.3 Å². The first-order chi connectivity index (χ1) is 16.1. The van der Waals surface area contributed by atoms with E-state index in [1.807, 2.05) is 24.3 Å². The maximum Gasteiger partial charge on any atom is 0.267 e. The molecule has 0 radical (unpaired) electrons. The summed E-state index contributed by atoms with van der Waals surface area (Å²) in [7, 11) is 0. The van der Waals surface area contributed by atoms with Crippen LogP contribution in [-0.4, -0.2) is 53.1 Å². The van der Waals surface area contributed by atoms with Crippen molar-refractivity contribution in [3.05, 3.63) is 48.3 Å². The molecule has 8 heteroatoms. The van der Waals surface area contributed by atoms with Crippen LogP contribution < -0.4 is 20.3 Å². The molecule has 2 saturated heterocycles. The molecule has 1 amide bonds. The van der Waals surface area contributed by atoms with Gasteiger partial charge in [-0.1, -0.05) is 19.1 Å². The number of para-hydroxylation sites is 2. The molecule has 1 aromatic carbocycles. The average molecular weight is 447 g/mol. The fourth-order valence-electron chi connectivity index (χ4n) is 4.62. The minimum absolute atomic E-state index is 0.0667. The summed E-state index contributed by atoms with van der Waals surface area (Å²) in [6, 6.07) is 11.5. The Kier molecular flexibility index (Phi) is 5.98. The molecule has 5 rings (SSSR count). The smallest absolute Gasteiger partial charge is 0.267 e. The molecule has 172 valence electrons. The predicted octanol–water partition coefficient (Wildman–Crippen LogP) is 3.41. The third-order valence-electron chi connectivity index (χ3n) is 6.65. The molecule has 4 heterocycles. The molecule has 0 unspecified atom stereocenters. The number of amides is 1. The minimum atomic E-state index is -0.551. The van der Waals surface area contributed by atoms with Gasteiger partial charge >= 0.3 is 0 Å². The maximum atomic E-state index is 11.4. The number of fused-ring (bicyclic) bond motifs is 1. The molecule has 0 spiro atoms. The van der Waals surface area contributed by atoms with Crippen LogP contribution in [0.4, 0.5) is 11.6 Å². The molecule has 2 aliphatic rings. The van der Waals surface area contributed by atoms with Crippen molar-refractivity contribution in [2.75, 3.05) is 36.0 Å². The lowest BCUT2D eigenvalue weighted by atomic mass is 9.99. The quantitative estimate of drug-likeness (QED) is 0.641. The van der Waals surface area contributed by atoms with E-state index < -0.39 is 5.91 Å². The Morgan fingerprint density at radius 3 is 2.09 bits per heavy atom. The largest absolute Gasteiger partial charge is 0.490 e. The number of anilines is 2. The molecular formula is C25H30N6O2. The predicted molar refractivity (Wildman–Crippen MR) is 129 cm³/mol. The van der Waals surface area contributed by atoms with Crippen LogP contribution >= 0.6 is 0 Å². The van der Waals surface area contributed by atoms with Gasteiger partial charge in [-0.3, -0.25) is 9.78 Å². The Labute approximate surface area is 193 Å². The van der Waals surface area contributed by atoms with Crippen molar-refractivity contribution >= 4 is 28.6 Å². The maximum absolute atomic E-state index is 11.4. The third-order valence-corrected chi connectivity index (χ3v) is 6.65. The number of nitrogens with two attached hydrogens (primary N) is 1. The molecule has 0 atom stereocenters. The fraction of sp³-hybridized carbons (Fsp3) is 0.440. The normalized spacial score (nSPS) is 18.0. The van der Waals surface area contributed by atoms with Gasteiger partial charge in [0.15, 0.2) is 11.6 Å². The molecule has 2 aliphatic heterocycles. The zero-order chi connectivity index (χ0) is 22.8. The Morgan fingerprint density at radius 2 is 1.52 bits per heavy atom. The number of hydrogen-bond acceptors (Lipinski definition) is 7. The first-order valence-corrected chi connectivity index (χ1v) is 11.8. The zero-order valence-electron chi connectivity index (χ0n) is 19.0. The minimum Gasteiger partial charge on any atom is -0.490 e. The first kappa shape index (κ1) is 21.4. The number of pyridine rings is 1. The molecular weight excluding hydrogens is 416 g/mol. The van der Waals surface area contributed by atoms with Crippen LogP contribution in [0, 0.1) is 5.92 Å². The van der Waals surface area contributed by atoms with Crippen molar-refractivity contribution in [2.45, 2.75) is 38.7 Å². The second kappa shape index (κ2) is 9.21. The number of benzene rings is 1. The molecule has 3 aromatic rings. The van der Waals surface area contributed by atoms with E-state index in [1.54, 1.807) is 18.3 Å². The van der Waals surface area contributed by atoms with Crippen molar-refractivity contribution in [1.29, 1.82) is 0 Å².